The van der Waals surface area contributed by atoms with E-state index in [1.54, 1.807) is 0 Å². The predicted octanol–water partition coefficient (Wildman–Crippen LogP) is 2.21. The van der Waals surface area contributed by atoms with E-state index in [-0.39, 0.29) is 17.8 Å². The molecule has 1 amide bonds. The number of hydrogen-bond donors (Lipinski definition) is 4. The first-order valence-electron chi connectivity index (χ1n) is 14.5. The van der Waals surface area contributed by atoms with Gasteiger partial charge in [-0.25, -0.2) is 15.0 Å². The molecule has 5 N–H and O–H groups in total. The molecule has 11 nitrogen and oxygen atoms in total. The number of anilines is 4. The molecule has 0 unspecified atom stereocenters. The molecule has 3 fully saturated rings. The number of likely N-dealkylation sites (N-methyl/N-ethyl adjacent to an activating group) is 1. The average Bonchev–Trinajstić information content (AvgIpc) is 2.95. The normalized spacial score (nSPS) is 23.5. The second-order valence-electron chi connectivity index (χ2n) is 11.2. The Morgan fingerprint density at radius 3 is 2.33 bits per heavy atom. The van der Waals surface area contributed by atoms with Gasteiger partial charge in [0.1, 0.15) is 5.82 Å². The monoisotopic (exact) mass is 537 g/mol. The summed E-state index contributed by atoms with van der Waals surface area (Å²) in [4.78, 5) is 33.6. The Hall–Kier alpha value is -3.02. The number of rotatable bonds is 8. The van der Waals surface area contributed by atoms with Gasteiger partial charge in [0, 0.05) is 51.4 Å². The number of pyridine rings is 1. The van der Waals surface area contributed by atoms with E-state index in [0.717, 1.165) is 57.5 Å². The van der Waals surface area contributed by atoms with Gasteiger partial charge in [-0.2, -0.15) is 0 Å². The number of aliphatic hydroxyl groups is 1. The lowest BCUT2D eigenvalue weighted by atomic mass is 9.93. The quantitative estimate of drug-likeness (QED) is 0.397. The number of nitrogens with zero attached hydrogens (tertiary/aromatic N) is 6. The Balaban J connectivity index is 1.24. The minimum atomic E-state index is -0.633. The maximum Gasteiger partial charge on any atom is 0.271 e. The molecule has 1 aliphatic carbocycles. The van der Waals surface area contributed by atoms with Gasteiger partial charge in [0.15, 0.2) is 17.3 Å². The van der Waals surface area contributed by atoms with Gasteiger partial charge < -0.3 is 31.3 Å². The summed E-state index contributed by atoms with van der Waals surface area (Å²) in [5.74, 6) is 0.892. The van der Waals surface area contributed by atoms with Crippen LogP contribution in [0.4, 0.5) is 23.1 Å². The van der Waals surface area contributed by atoms with Crippen molar-refractivity contribution in [1.82, 2.24) is 24.8 Å². The summed E-state index contributed by atoms with van der Waals surface area (Å²) in [5.41, 5.74) is 7.57. The Bertz CT molecular complexity index is 1100. The third-order valence-electron chi connectivity index (χ3n) is 8.45. The fourth-order valence-electron chi connectivity index (χ4n) is 5.95. The summed E-state index contributed by atoms with van der Waals surface area (Å²) in [5, 5.41) is 16.5. The molecule has 11 heteroatoms. The molecule has 0 spiro atoms. The van der Waals surface area contributed by atoms with Crippen LogP contribution in [0.3, 0.4) is 0 Å². The Morgan fingerprint density at radius 1 is 1.00 bits per heavy atom. The van der Waals surface area contributed by atoms with Gasteiger partial charge in [0.25, 0.3) is 5.91 Å². The number of carbonyl (C=O) groups is 1. The van der Waals surface area contributed by atoms with Crippen molar-refractivity contribution in [3.63, 3.8) is 0 Å². The number of aryl methyl sites for hydroxylation is 1. The van der Waals surface area contributed by atoms with Gasteiger partial charge in [-0.3, -0.25) is 9.69 Å². The minimum absolute atomic E-state index is 0.105. The van der Waals surface area contributed by atoms with Crippen molar-refractivity contribution in [3.05, 3.63) is 29.7 Å². The van der Waals surface area contributed by atoms with Crippen molar-refractivity contribution >= 4 is 29.0 Å². The van der Waals surface area contributed by atoms with Crippen LogP contribution >= 0.6 is 0 Å². The zero-order valence-electron chi connectivity index (χ0n) is 23.3. The third kappa shape index (κ3) is 6.77. The number of primary amides is 1. The molecule has 0 atom stereocenters. The first-order valence-corrected chi connectivity index (χ1v) is 14.5. The van der Waals surface area contributed by atoms with E-state index in [2.05, 4.69) is 48.4 Å². The molecule has 0 bridgehead atoms. The van der Waals surface area contributed by atoms with Crippen molar-refractivity contribution in [2.45, 2.75) is 70.1 Å². The van der Waals surface area contributed by atoms with Crippen molar-refractivity contribution in [2.75, 3.05) is 61.8 Å². The van der Waals surface area contributed by atoms with Crippen LogP contribution in [-0.4, -0.2) is 100 Å². The Morgan fingerprint density at radius 2 is 1.72 bits per heavy atom. The average molecular weight is 538 g/mol. The fourth-order valence-corrected chi connectivity index (χ4v) is 5.95. The topological polar surface area (TPSA) is 136 Å². The van der Waals surface area contributed by atoms with E-state index < -0.39 is 5.91 Å². The largest absolute Gasteiger partial charge is 0.393 e. The maximum absolute atomic E-state index is 12.2. The zero-order valence-corrected chi connectivity index (χ0v) is 23.3. The molecule has 39 heavy (non-hydrogen) atoms. The van der Waals surface area contributed by atoms with Crippen molar-refractivity contribution in [3.8, 4) is 0 Å². The van der Waals surface area contributed by atoms with Gasteiger partial charge in [-0.1, -0.05) is 6.92 Å². The number of nitrogens with one attached hydrogen (secondary N) is 2. The van der Waals surface area contributed by atoms with E-state index >= 15 is 0 Å². The zero-order chi connectivity index (χ0) is 27.4. The smallest absolute Gasteiger partial charge is 0.271 e. The number of nitrogens with two attached hydrogens (primary N) is 1. The summed E-state index contributed by atoms with van der Waals surface area (Å²) in [6, 6.07) is 4.85. The van der Waals surface area contributed by atoms with Crippen molar-refractivity contribution in [2.24, 2.45) is 5.73 Å². The summed E-state index contributed by atoms with van der Waals surface area (Å²) in [7, 11) is 2.20. The molecule has 3 aliphatic rings. The molecular weight excluding hydrogens is 494 g/mol. The SMILES string of the molecule is CCc1nc(C(N)=O)c(Nc2ccc(N3CCC(N4CCN(C)CC4)CC3)cn2)nc1N[C@H]1CC[C@H](O)CC1. The van der Waals surface area contributed by atoms with Crippen molar-refractivity contribution < 1.29 is 9.90 Å². The van der Waals surface area contributed by atoms with Crippen LogP contribution in [0, 0.1) is 0 Å². The van der Waals surface area contributed by atoms with E-state index in [1.165, 1.54) is 25.9 Å². The van der Waals surface area contributed by atoms with Crippen LogP contribution in [0.2, 0.25) is 0 Å². The molecule has 2 aromatic rings. The van der Waals surface area contributed by atoms with Gasteiger partial charge >= 0.3 is 0 Å². The highest BCUT2D eigenvalue weighted by molar-refractivity contribution is 5.96. The van der Waals surface area contributed by atoms with Crippen LogP contribution in [0.25, 0.3) is 0 Å². The third-order valence-corrected chi connectivity index (χ3v) is 8.45. The highest BCUT2D eigenvalue weighted by atomic mass is 16.3. The maximum atomic E-state index is 12.2. The molecular formula is C28H43N9O2. The molecule has 4 heterocycles. The fraction of sp³-hybridized carbons (Fsp3) is 0.643. The Labute approximate surface area is 231 Å². The summed E-state index contributed by atoms with van der Waals surface area (Å²) in [6.45, 7) is 8.67. The molecule has 212 valence electrons. The lowest BCUT2D eigenvalue weighted by Gasteiger charge is -2.42. The number of hydrogen-bond acceptors (Lipinski definition) is 10. The standard InChI is InChI=1S/C28H43N9O2/c1-3-23-27(31-19-4-7-22(38)8-5-19)34-28(25(32-23)26(29)39)33-24-9-6-21(18-30-24)36-12-10-20(11-13-36)37-16-14-35(2)15-17-37/h6,9,18-20,22,38H,3-5,7-8,10-17H2,1-2H3,(H2,29,39)(H2,30,31,33,34)/t19-,22-. The number of aliphatic hydroxyl groups excluding tert-OH is 1. The molecule has 2 aliphatic heterocycles. The number of aromatic nitrogens is 3. The van der Waals surface area contributed by atoms with E-state index in [9.17, 15) is 9.90 Å². The van der Waals surface area contributed by atoms with Crippen LogP contribution in [0.5, 0.6) is 0 Å². The molecule has 5 rings (SSSR count). The summed E-state index contributed by atoms with van der Waals surface area (Å²) in [6.07, 6.45) is 7.85. The van der Waals surface area contributed by atoms with Crippen LogP contribution in [0.1, 0.15) is 61.6 Å². The van der Waals surface area contributed by atoms with Gasteiger partial charge in [-0.05, 0) is 64.1 Å². The molecule has 1 saturated carbocycles. The highest BCUT2D eigenvalue weighted by Gasteiger charge is 2.27. The van der Waals surface area contributed by atoms with Crippen LogP contribution in [0.15, 0.2) is 18.3 Å². The molecule has 0 aromatic carbocycles. The number of piperazine rings is 1. The minimum Gasteiger partial charge on any atom is -0.393 e. The predicted molar refractivity (Wildman–Crippen MR) is 154 cm³/mol. The highest BCUT2D eigenvalue weighted by Crippen LogP contribution is 2.28. The Kier molecular flexibility index (Phi) is 8.79. The van der Waals surface area contributed by atoms with E-state index in [4.69, 9.17) is 10.7 Å². The number of amides is 1. The van der Waals surface area contributed by atoms with Gasteiger partial charge in [0.05, 0.1) is 23.7 Å². The number of carbonyl (C=O) groups excluding carboxylic acids is 1. The lowest BCUT2D eigenvalue weighted by molar-refractivity contribution is 0.0982. The molecule has 2 saturated heterocycles. The molecule has 2 aromatic heterocycles. The van der Waals surface area contributed by atoms with Crippen molar-refractivity contribution in [1.29, 1.82) is 0 Å². The first-order chi connectivity index (χ1) is 18.9. The first kappa shape index (κ1) is 27.5. The van der Waals surface area contributed by atoms with Crippen LogP contribution < -0.4 is 21.3 Å². The van der Waals surface area contributed by atoms with E-state index in [0.29, 0.717) is 35.6 Å². The number of piperidine rings is 1. The second kappa shape index (κ2) is 12.4. The van der Waals surface area contributed by atoms with E-state index in [1.807, 2.05) is 19.2 Å². The summed E-state index contributed by atoms with van der Waals surface area (Å²) < 4.78 is 0. The second-order valence-corrected chi connectivity index (χ2v) is 11.2. The summed E-state index contributed by atoms with van der Waals surface area (Å²) >= 11 is 0. The van der Waals surface area contributed by atoms with Crippen LogP contribution in [-0.2, 0) is 6.42 Å². The van der Waals surface area contributed by atoms with Gasteiger partial charge in [-0.15, -0.1) is 0 Å². The van der Waals surface area contributed by atoms with Gasteiger partial charge in [0.2, 0.25) is 0 Å². The molecule has 0 radical (unpaired) electrons. The lowest BCUT2D eigenvalue weighted by Crippen LogP contribution is -2.52.